The molecule has 13 heavy (non-hydrogen) atoms. The van der Waals surface area contributed by atoms with Crippen LogP contribution in [0.1, 0.15) is 27.2 Å². The number of hydrogen-bond acceptors (Lipinski definition) is 1. The van der Waals surface area contributed by atoms with E-state index in [-0.39, 0.29) is 0 Å². The van der Waals surface area contributed by atoms with E-state index in [0.29, 0.717) is 0 Å². The normalized spacial score (nSPS) is 13.0. The Labute approximate surface area is 82.4 Å². The van der Waals surface area contributed by atoms with Crippen LogP contribution in [0.4, 0.5) is 0 Å². The standard InChI is InChI=1S/C12H21N/c1-7-11(4)12(13(5)6)9-8-10(2)3/h8-9H,2,7H2,1,3-6H3/b9-8-,12-11-. The summed E-state index contributed by atoms with van der Waals surface area (Å²) in [5, 5.41) is 0. The van der Waals surface area contributed by atoms with Gasteiger partial charge in [0.25, 0.3) is 0 Å². The summed E-state index contributed by atoms with van der Waals surface area (Å²) in [5.74, 6) is 0. The second-order valence-corrected chi connectivity index (χ2v) is 3.59. The maximum absolute atomic E-state index is 3.84. The molecule has 0 rings (SSSR count). The number of likely N-dealkylation sites (N-methyl/N-ethyl adjacent to an activating group) is 1. The summed E-state index contributed by atoms with van der Waals surface area (Å²) < 4.78 is 0. The van der Waals surface area contributed by atoms with Crippen LogP contribution in [0.3, 0.4) is 0 Å². The molecule has 0 unspecified atom stereocenters. The zero-order valence-corrected chi connectivity index (χ0v) is 9.52. The molecule has 0 saturated heterocycles. The first-order chi connectivity index (χ1) is 5.99. The van der Waals surface area contributed by atoms with Crippen LogP contribution in [0.5, 0.6) is 0 Å². The van der Waals surface area contributed by atoms with Crippen LogP contribution >= 0.6 is 0 Å². The monoisotopic (exact) mass is 179 g/mol. The lowest BCUT2D eigenvalue weighted by Gasteiger charge is -2.16. The quantitative estimate of drug-likeness (QED) is 0.598. The van der Waals surface area contributed by atoms with Crippen LogP contribution in [-0.2, 0) is 0 Å². The van der Waals surface area contributed by atoms with Gasteiger partial charge in [-0.25, -0.2) is 0 Å². The van der Waals surface area contributed by atoms with Crippen molar-refractivity contribution in [1.29, 1.82) is 0 Å². The highest BCUT2D eigenvalue weighted by Gasteiger charge is 1.98. The van der Waals surface area contributed by atoms with Gasteiger partial charge in [-0.1, -0.05) is 30.7 Å². The zero-order valence-electron chi connectivity index (χ0n) is 9.52. The van der Waals surface area contributed by atoms with Crippen LogP contribution in [0, 0.1) is 0 Å². The van der Waals surface area contributed by atoms with Crippen LogP contribution < -0.4 is 0 Å². The molecule has 74 valence electrons. The van der Waals surface area contributed by atoms with Gasteiger partial charge in [0.05, 0.1) is 0 Å². The van der Waals surface area contributed by atoms with E-state index in [9.17, 15) is 0 Å². The molecule has 0 aromatic rings. The lowest BCUT2D eigenvalue weighted by atomic mass is 10.1. The van der Waals surface area contributed by atoms with E-state index in [1.54, 1.807) is 0 Å². The number of rotatable bonds is 4. The van der Waals surface area contributed by atoms with Crippen LogP contribution in [0.25, 0.3) is 0 Å². The van der Waals surface area contributed by atoms with Gasteiger partial charge >= 0.3 is 0 Å². The topological polar surface area (TPSA) is 3.24 Å². The average Bonchev–Trinajstić information content (AvgIpc) is 2.03. The first kappa shape index (κ1) is 12.0. The van der Waals surface area contributed by atoms with Crippen LogP contribution in [-0.4, -0.2) is 19.0 Å². The molecule has 0 N–H and O–H groups in total. The molecule has 0 radical (unpaired) electrons. The van der Waals surface area contributed by atoms with Crippen LogP contribution in [0.15, 0.2) is 35.6 Å². The van der Waals surface area contributed by atoms with Gasteiger partial charge in [0.2, 0.25) is 0 Å². The molecule has 0 saturated carbocycles. The number of allylic oxidation sites excluding steroid dienone is 4. The van der Waals surface area contributed by atoms with Crippen molar-refractivity contribution in [3.05, 3.63) is 35.6 Å². The predicted octanol–water partition coefficient (Wildman–Crippen LogP) is 3.36. The summed E-state index contributed by atoms with van der Waals surface area (Å²) in [6, 6.07) is 0. The molecule has 1 nitrogen and oxygen atoms in total. The van der Waals surface area contributed by atoms with E-state index in [0.717, 1.165) is 12.0 Å². The first-order valence-corrected chi connectivity index (χ1v) is 4.69. The molecule has 0 aromatic heterocycles. The SMILES string of the molecule is C=C(C)/C=C\C(=C(/C)CC)N(C)C. The molecule has 0 aromatic carbocycles. The molecule has 0 aliphatic carbocycles. The number of nitrogens with zero attached hydrogens (tertiary/aromatic N) is 1. The van der Waals surface area contributed by atoms with Gasteiger partial charge in [0.15, 0.2) is 0 Å². The molecule has 0 amide bonds. The van der Waals surface area contributed by atoms with Crippen LogP contribution in [0.2, 0.25) is 0 Å². The highest BCUT2D eigenvalue weighted by atomic mass is 15.1. The first-order valence-electron chi connectivity index (χ1n) is 4.69. The van der Waals surface area contributed by atoms with Gasteiger partial charge in [0.1, 0.15) is 0 Å². The Hall–Kier alpha value is -0.980. The summed E-state index contributed by atoms with van der Waals surface area (Å²) in [4.78, 5) is 2.14. The smallest absolute Gasteiger partial charge is 0.0350 e. The fourth-order valence-electron chi connectivity index (χ4n) is 1.08. The summed E-state index contributed by atoms with van der Waals surface area (Å²) in [6.45, 7) is 10.2. The number of hydrogen-bond donors (Lipinski definition) is 0. The Morgan fingerprint density at radius 2 is 1.77 bits per heavy atom. The van der Waals surface area contributed by atoms with Gasteiger partial charge in [-0.3, -0.25) is 0 Å². The zero-order chi connectivity index (χ0) is 10.4. The van der Waals surface area contributed by atoms with E-state index in [1.807, 2.05) is 6.92 Å². The van der Waals surface area contributed by atoms with Crippen molar-refractivity contribution in [3.8, 4) is 0 Å². The summed E-state index contributed by atoms with van der Waals surface area (Å²) in [6.07, 6.45) is 5.27. The van der Waals surface area contributed by atoms with E-state index in [4.69, 9.17) is 0 Å². The van der Waals surface area contributed by atoms with E-state index in [1.165, 1.54) is 11.3 Å². The molecule has 0 aliphatic heterocycles. The van der Waals surface area contributed by atoms with Gasteiger partial charge in [-0.2, -0.15) is 0 Å². The minimum atomic E-state index is 1.09. The summed E-state index contributed by atoms with van der Waals surface area (Å²) in [7, 11) is 4.13. The van der Waals surface area contributed by atoms with Crippen molar-refractivity contribution < 1.29 is 0 Å². The predicted molar refractivity (Wildman–Crippen MR) is 60.6 cm³/mol. The maximum atomic E-state index is 3.84. The van der Waals surface area contributed by atoms with Crippen molar-refractivity contribution in [3.63, 3.8) is 0 Å². The molecule has 0 heterocycles. The Morgan fingerprint density at radius 3 is 2.08 bits per heavy atom. The molecular formula is C12H21N. The molecule has 0 bridgehead atoms. The Bertz CT molecular complexity index is 232. The lowest BCUT2D eigenvalue weighted by molar-refractivity contribution is 0.521. The molecule has 0 spiro atoms. The maximum Gasteiger partial charge on any atom is 0.0350 e. The Morgan fingerprint density at radius 1 is 1.23 bits per heavy atom. The highest BCUT2D eigenvalue weighted by molar-refractivity contribution is 5.27. The lowest BCUT2D eigenvalue weighted by Crippen LogP contribution is -2.11. The van der Waals surface area contributed by atoms with E-state index in [2.05, 4.69) is 51.6 Å². The second-order valence-electron chi connectivity index (χ2n) is 3.59. The van der Waals surface area contributed by atoms with Crippen molar-refractivity contribution in [1.82, 2.24) is 4.90 Å². The van der Waals surface area contributed by atoms with Crippen molar-refractivity contribution in [2.75, 3.05) is 14.1 Å². The minimum Gasteiger partial charge on any atom is -0.378 e. The Kier molecular flexibility index (Phi) is 5.20. The molecule has 0 aliphatic rings. The van der Waals surface area contributed by atoms with Crippen molar-refractivity contribution in [2.24, 2.45) is 0 Å². The van der Waals surface area contributed by atoms with Gasteiger partial charge in [0, 0.05) is 19.8 Å². The molecular weight excluding hydrogens is 158 g/mol. The van der Waals surface area contributed by atoms with Gasteiger partial charge in [-0.15, -0.1) is 0 Å². The molecule has 1 heteroatoms. The minimum absolute atomic E-state index is 1.09. The fourth-order valence-corrected chi connectivity index (χ4v) is 1.08. The fraction of sp³-hybridized carbons (Fsp3) is 0.500. The summed E-state index contributed by atoms with van der Waals surface area (Å²) >= 11 is 0. The third-order valence-electron chi connectivity index (χ3n) is 1.98. The Balaban J connectivity index is 4.74. The average molecular weight is 179 g/mol. The van der Waals surface area contributed by atoms with E-state index >= 15 is 0 Å². The molecule has 0 fully saturated rings. The third kappa shape index (κ3) is 4.56. The molecule has 0 atom stereocenters. The highest BCUT2D eigenvalue weighted by Crippen LogP contribution is 2.12. The van der Waals surface area contributed by atoms with E-state index < -0.39 is 0 Å². The van der Waals surface area contributed by atoms with Gasteiger partial charge in [-0.05, 0) is 26.3 Å². The second kappa shape index (κ2) is 5.63. The van der Waals surface area contributed by atoms with Gasteiger partial charge < -0.3 is 4.90 Å². The summed E-state index contributed by atoms with van der Waals surface area (Å²) in [5.41, 5.74) is 3.77. The third-order valence-corrected chi connectivity index (χ3v) is 1.98. The van der Waals surface area contributed by atoms with Crippen molar-refractivity contribution >= 4 is 0 Å². The largest absolute Gasteiger partial charge is 0.378 e. The van der Waals surface area contributed by atoms with Crippen molar-refractivity contribution in [2.45, 2.75) is 27.2 Å².